The van der Waals surface area contributed by atoms with Gasteiger partial charge in [-0.1, -0.05) is 12.1 Å². The number of carbonyl (C=O) groups excluding carboxylic acids is 2. The molecule has 3 rings (SSSR count). The van der Waals surface area contributed by atoms with Crippen molar-refractivity contribution in [3.8, 4) is 0 Å². The summed E-state index contributed by atoms with van der Waals surface area (Å²) in [5.74, 6) is -2.02. The van der Waals surface area contributed by atoms with E-state index in [-0.39, 0.29) is 0 Å². The maximum absolute atomic E-state index is 12.9. The molecule has 0 aromatic heterocycles. The van der Waals surface area contributed by atoms with Gasteiger partial charge in [-0.3, -0.25) is 9.59 Å². The first-order valence-electron chi connectivity index (χ1n) is 7.93. The number of morpholine rings is 1. The Morgan fingerprint density at radius 1 is 0.920 bits per heavy atom. The lowest BCUT2D eigenvalue weighted by Crippen LogP contribution is -2.37. The van der Waals surface area contributed by atoms with Crippen LogP contribution in [-0.2, 0) is 14.3 Å². The first-order valence-corrected chi connectivity index (χ1v) is 7.93. The van der Waals surface area contributed by atoms with Gasteiger partial charge >= 0.3 is 11.8 Å². The van der Waals surface area contributed by atoms with E-state index in [0.29, 0.717) is 37.7 Å². The molecule has 130 valence electrons. The van der Waals surface area contributed by atoms with Crippen LogP contribution in [0.15, 0.2) is 48.5 Å². The average Bonchev–Trinajstić information content (AvgIpc) is 2.64. The third-order valence-electron chi connectivity index (χ3n) is 3.81. The number of carbonyl (C=O) groups is 2. The van der Waals surface area contributed by atoms with E-state index in [1.807, 2.05) is 12.1 Å². The standard InChI is InChI=1S/C18H18FN3O3/c19-13-5-7-14(8-6-13)20-17(23)18(24)21-15-3-1-2-4-16(15)22-9-11-25-12-10-22/h1-8H,9-12H2,(H,20,23)(H,21,24). The topological polar surface area (TPSA) is 70.7 Å². The molecule has 0 saturated carbocycles. The van der Waals surface area contributed by atoms with Crippen molar-refractivity contribution in [2.75, 3.05) is 41.8 Å². The molecule has 0 unspecified atom stereocenters. The van der Waals surface area contributed by atoms with Crippen molar-refractivity contribution in [1.82, 2.24) is 0 Å². The summed E-state index contributed by atoms with van der Waals surface area (Å²) in [7, 11) is 0. The second-order valence-corrected chi connectivity index (χ2v) is 5.53. The molecule has 1 heterocycles. The van der Waals surface area contributed by atoms with Crippen molar-refractivity contribution in [3.63, 3.8) is 0 Å². The summed E-state index contributed by atoms with van der Waals surface area (Å²) in [5, 5.41) is 5.07. The number of benzene rings is 2. The predicted molar refractivity (Wildman–Crippen MR) is 93.1 cm³/mol. The molecule has 2 aromatic rings. The minimum absolute atomic E-state index is 0.350. The minimum Gasteiger partial charge on any atom is -0.378 e. The Bertz CT molecular complexity index is 758. The normalized spacial score (nSPS) is 14.0. The highest BCUT2D eigenvalue weighted by molar-refractivity contribution is 6.43. The van der Waals surface area contributed by atoms with Crippen LogP contribution in [0.2, 0.25) is 0 Å². The van der Waals surface area contributed by atoms with Gasteiger partial charge in [0.05, 0.1) is 24.6 Å². The number of para-hydroxylation sites is 2. The minimum atomic E-state index is -0.816. The van der Waals surface area contributed by atoms with E-state index in [1.165, 1.54) is 24.3 Å². The number of ether oxygens (including phenoxy) is 1. The second-order valence-electron chi connectivity index (χ2n) is 5.53. The number of rotatable bonds is 3. The van der Waals surface area contributed by atoms with Crippen LogP contribution in [0.1, 0.15) is 0 Å². The smallest absolute Gasteiger partial charge is 0.314 e. The van der Waals surface area contributed by atoms with Gasteiger partial charge in [0, 0.05) is 18.8 Å². The molecule has 0 atom stereocenters. The van der Waals surface area contributed by atoms with Crippen molar-refractivity contribution in [1.29, 1.82) is 0 Å². The molecule has 1 fully saturated rings. The lowest BCUT2D eigenvalue weighted by molar-refractivity contribution is -0.132. The third kappa shape index (κ3) is 4.33. The summed E-state index contributed by atoms with van der Waals surface area (Å²) in [6.45, 7) is 2.67. The van der Waals surface area contributed by atoms with Crippen LogP contribution in [0.3, 0.4) is 0 Å². The fraction of sp³-hybridized carbons (Fsp3) is 0.222. The number of nitrogens with one attached hydrogen (secondary N) is 2. The van der Waals surface area contributed by atoms with E-state index in [2.05, 4.69) is 15.5 Å². The number of amides is 2. The Labute approximate surface area is 144 Å². The van der Waals surface area contributed by atoms with Crippen LogP contribution in [0.25, 0.3) is 0 Å². The molecule has 6 nitrogen and oxygen atoms in total. The van der Waals surface area contributed by atoms with Crippen LogP contribution in [-0.4, -0.2) is 38.1 Å². The average molecular weight is 343 g/mol. The van der Waals surface area contributed by atoms with E-state index >= 15 is 0 Å². The first-order chi connectivity index (χ1) is 12.1. The molecule has 0 radical (unpaired) electrons. The maximum atomic E-state index is 12.9. The Morgan fingerprint density at radius 3 is 2.28 bits per heavy atom. The lowest BCUT2D eigenvalue weighted by atomic mass is 10.2. The third-order valence-corrected chi connectivity index (χ3v) is 3.81. The molecular formula is C18H18FN3O3. The molecule has 0 aliphatic carbocycles. The summed E-state index contributed by atoms with van der Waals surface area (Å²) < 4.78 is 18.2. The van der Waals surface area contributed by atoms with Gasteiger partial charge in [0.1, 0.15) is 5.82 Å². The van der Waals surface area contributed by atoms with Gasteiger partial charge in [-0.15, -0.1) is 0 Å². The lowest BCUT2D eigenvalue weighted by Gasteiger charge is -2.30. The Hall–Kier alpha value is -2.93. The number of hydrogen-bond donors (Lipinski definition) is 2. The van der Waals surface area contributed by atoms with Crippen molar-refractivity contribution >= 4 is 28.9 Å². The largest absolute Gasteiger partial charge is 0.378 e. The van der Waals surface area contributed by atoms with E-state index in [9.17, 15) is 14.0 Å². The highest BCUT2D eigenvalue weighted by Gasteiger charge is 2.19. The van der Waals surface area contributed by atoms with E-state index in [4.69, 9.17) is 4.74 Å². The predicted octanol–water partition coefficient (Wildman–Crippen LogP) is 2.24. The molecule has 2 aromatic carbocycles. The van der Waals surface area contributed by atoms with Gasteiger partial charge in [0.2, 0.25) is 0 Å². The quantitative estimate of drug-likeness (QED) is 0.839. The number of halogens is 1. The Morgan fingerprint density at radius 2 is 1.56 bits per heavy atom. The Balaban J connectivity index is 1.68. The molecule has 0 bridgehead atoms. The van der Waals surface area contributed by atoms with Gasteiger partial charge in [-0.05, 0) is 36.4 Å². The van der Waals surface area contributed by atoms with Crippen LogP contribution < -0.4 is 15.5 Å². The zero-order chi connectivity index (χ0) is 17.6. The van der Waals surface area contributed by atoms with Crippen molar-refractivity contribution in [2.45, 2.75) is 0 Å². The van der Waals surface area contributed by atoms with E-state index < -0.39 is 17.6 Å². The Kier molecular flexibility index (Phi) is 5.25. The van der Waals surface area contributed by atoms with Gasteiger partial charge in [-0.25, -0.2) is 4.39 Å². The van der Waals surface area contributed by atoms with Crippen molar-refractivity contribution < 1.29 is 18.7 Å². The number of hydrogen-bond acceptors (Lipinski definition) is 4. The van der Waals surface area contributed by atoms with Gasteiger partial charge in [0.15, 0.2) is 0 Å². The molecule has 1 aliphatic rings. The van der Waals surface area contributed by atoms with E-state index in [0.717, 1.165) is 5.69 Å². The van der Waals surface area contributed by atoms with Crippen LogP contribution >= 0.6 is 0 Å². The van der Waals surface area contributed by atoms with Gasteiger partial charge in [0.25, 0.3) is 0 Å². The molecule has 7 heteroatoms. The molecule has 2 amide bonds. The highest BCUT2D eigenvalue weighted by Crippen LogP contribution is 2.26. The van der Waals surface area contributed by atoms with Crippen LogP contribution in [0.5, 0.6) is 0 Å². The summed E-state index contributed by atoms with van der Waals surface area (Å²) in [6, 6.07) is 12.5. The van der Waals surface area contributed by atoms with Gasteiger partial charge in [-0.2, -0.15) is 0 Å². The summed E-state index contributed by atoms with van der Waals surface area (Å²) >= 11 is 0. The summed E-state index contributed by atoms with van der Waals surface area (Å²) in [4.78, 5) is 26.3. The van der Waals surface area contributed by atoms with Crippen molar-refractivity contribution in [3.05, 3.63) is 54.3 Å². The zero-order valence-electron chi connectivity index (χ0n) is 13.5. The van der Waals surface area contributed by atoms with Crippen LogP contribution in [0.4, 0.5) is 21.5 Å². The first kappa shape index (κ1) is 16.9. The molecular weight excluding hydrogens is 325 g/mol. The molecule has 1 aliphatic heterocycles. The number of anilines is 3. The molecule has 1 saturated heterocycles. The summed E-state index contributed by atoms with van der Waals surface area (Å²) in [6.07, 6.45) is 0. The fourth-order valence-corrected chi connectivity index (χ4v) is 2.56. The zero-order valence-corrected chi connectivity index (χ0v) is 13.5. The monoisotopic (exact) mass is 343 g/mol. The SMILES string of the molecule is O=C(Nc1ccc(F)cc1)C(=O)Nc1ccccc1N1CCOCC1. The highest BCUT2D eigenvalue weighted by atomic mass is 19.1. The molecule has 0 spiro atoms. The number of nitrogens with zero attached hydrogens (tertiary/aromatic N) is 1. The summed E-state index contributed by atoms with van der Waals surface area (Å²) in [5.41, 5.74) is 1.75. The molecule has 2 N–H and O–H groups in total. The fourth-order valence-electron chi connectivity index (χ4n) is 2.56. The van der Waals surface area contributed by atoms with E-state index in [1.54, 1.807) is 12.1 Å². The van der Waals surface area contributed by atoms with Crippen molar-refractivity contribution in [2.24, 2.45) is 0 Å². The second kappa shape index (κ2) is 7.76. The van der Waals surface area contributed by atoms with Gasteiger partial charge < -0.3 is 20.3 Å². The van der Waals surface area contributed by atoms with Crippen LogP contribution in [0, 0.1) is 5.82 Å². The molecule has 25 heavy (non-hydrogen) atoms. The maximum Gasteiger partial charge on any atom is 0.314 e.